The fraction of sp³-hybridized carbons (Fsp3) is 0.476. The maximum absolute atomic E-state index is 13.1. The zero-order valence-corrected chi connectivity index (χ0v) is 18.9. The van der Waals surface area contributed by atoms with Crippen LogP contribution in [0, 0.1) is 0 Å². The Morgan fingerprint density at radius 3 is 2.70 bits per heavy atom. The van der Waals surface area contributed by atoms with Gasteiger partial charge in [-0.2, -0.15) is 0 Å². The van der Waals surface area contributed by atoms with Crippen molar-refractivity contribution in [3.05, 3.63) is 48.5 Å². The number of benzene rings is 1. The predicted molar refractivity (Wildman–Crippen MR) is 124 cm³/mol. The Hall–Kier alpha value is -2.09. The van der Waals surface area contributed by atoms with Crippen molar-refractivity contribution in [2.24, 2.45) is 0 Å². The van der Waals surface area contributed by atoms with E-state index in [1.54, 1.807) is 18.6 Å². The van der Waals surface area contributed by atoms with Gasteiger partial charge in [-0.1, -0.05) is 13.0 Å². The smallest absolute Gasteiger partial charge is 0.254 e. The lowest BCUT2D eigenvalue weighted by atomic mass is 10.0. The van der Waals surface area contributed by atoms with Crippen LogP contribution in [0.4, 0.5) is 5.69 Å². The van der Waals surface area contributed by atoms with Crippen LogP contribution in [0.3, 0.4) is 0 Å². The van der Waals surface area contributed by atoms with Gasteiger partial charge in [-0.15, -0.1) is 24.8 Å². The second kappa shape index (κ2) is 13.3. The van der Waals surface area contributed by atoms with Gasteiger partial charge in [-0.25, -0.2) is 4.98 Å². The van der Waals surface area contributed by atoms with Gasteiger partial charge in [-0.3, -0.25) is 9.59 Å². The first-order valence-electron chi connectivity index (χ1n) is 10.0. The van der Waals surface area contributed by atoms with E-state index in [2.05, 4.69) is 22.5 Å². The topological polar surface area (TPSA) is 79.3 Å². The van der Waals surface area contributed by atoms with Gasteiger partial charge >= 0.3 is 0 Å². The fourth-order valence-corrected chi connectivity index (χ4v) is 3.58. The van der Waals surface area contributed by atoms with Gasteiger partial charge in [0.1, 0.15) is 0 Å². The molecule has 1 aliphatic rings. The van der Waals surface area contributed by atoms with E-state index >= 15 is 0 Å². The van der Waals surface area contributed by atoms with Gasteiger partial charge in [0, 0.05) is 49.2 Å². The van der Waals surface area contributed by atoms with Crippen molar-refractivity contribution in [2.45, 2.75) is 45.2 Å². The van der Waals surface area contributed by atoms with Crippen molar-refractivity contribution in [2.75, 3.05) is 25.0 Å². The molecule has 1 aromatic carbocycles. The van der Waals surface area contributed by atoms with Crippen molar-refractivity contribution in [1.82, 2.24) is 19.8 Å². The minimum Gasteiger partial charge on any atom is -0.337 e. The summed E-state index contributed by atoms with van der Waals surface area (Å²) in [4.78, 5) is 31.3. The zero-order chi connectivity index (χ0) is 19.8. The van der Waals surface area contributed by atoms with Crippen LogP contribution in [0.25, 0.3) is 0 Å². The van der Waals surface area contributed by atoms with Gasteiger partial charge < -0.3 is 20.1 Å². The number of aryl methyl sites for hydroxylation is 1. The number of aromatic nitrogens is 2. The number of nitrogens with zero attached hydrogens (tertiary/aromatic N) is 3. The standard InChI is InChI=1S/C21H29N5O2.2ClH/c1-2-12-26(19-6-9-22-10-7-19)21(28)17-4-3-5-18(15-17)24-20(27)8-13-25-14-11-23-16-25;;/h3-5,11,14-16,19,22H,2,6-10,12-13H2,1H3,(H,24,27);2*1H. The van der Waals surface area contributed by atoms with Crippen LogP contribution in [0.5, 0.6) is 0 Å². The summed E-state index contributed by atoms with van der Waals surface area (Å²) < 4.78 is 1.86. The highest BCUT2D eigenvalue weighted by atomic mass is 35.5. The van der Waals surface area contributed by atoms with Crippen molar-refractivity contribution < 1.29 is 9.59 Å². The second-order valence-electron chi connectivity index (χ2n) is 7.16. The van der Waals surface area contributed by atoms with Crippen molar-refractivity contribution >= 4 is 42.3 Å². The average molecular weight is 456 g/mol. The van der Waals surface area contributed by atoms with Crippen LogP contribution >= 0.6 is 24.8 Å². The van der Waals surface area contributed by atoms with Gasteiger partial charge in [0.05, 0.1) is 6.33 Å². The molecule has 0 radical (unpaired) electrons. The minimum absolute atomic E-state index is 0. The molecule has 1 aromatic heterocycles. The second-order valence-corrected chi connectivity index (χ2v) is 7.16. The fourth-order valence-electron chi connectivity index (χ4n) is 3.58. The van der Waals surface area contributed by atoms with Crippen molar-refractivity contribution in [3.63, 3.8) is 0 Å². The Morgan fingerprint density at radius 1 is 1.27 bits per heavy atom. The molecule has 166 valence electrons. The summed E-state index contributed by atoms with van der Waals surface area (Å²) in [5.41, 5.74) is 1.28. The van der Waals surface area contributed by atoms with Crippen LogP contribution in [0.2, 0.25) is 0 Å². The van der Waals surface area contributed by atoms with E-state index in [-0.39, 0.29) is 42.7 Å². The van der Waals surface area contributed by atoms with E-state index in [1.165, 1.54) is 0 Å². The lowest BCUT2D eigenvalue weighted by molar-refractivity contribution is -0.116. The number of rotatable bonds is 8. The molecule has 0 bridgehead atoms. The zero-order valence-electron chi connectivity index (χ0n) is 17.3. The molecule has 2 aromatic rings. The molecule has 9 heteroatoms. The van der Waals surface area contributed by atoms with Gasteiger partial charge in [-0.05, 0) is 50.6 Å². The summed E-state index contributed by atoms with van der Waals surface area (Å²) in [6, 6.07) is 7.53. The first-order chi connectivity index (χ1) is 13.7. The SMILES string of the molecule is CCCN(C(=O)c1cccc(NC(=O)CCn2ccnc2)c1)C1CCNCC1.Cl.Cl. The maximum atomic E-state index is 13.1. The maximum Gasteiger partial charge on any atom is 0.254 e. The van der Waals surface area contributed by atoms with E-state index in [9.17, 15) is 9.59 Å². The Balaban J connectivity index is 0.00000225. The largest absolute Gasteiger partial charge is 0.337 e. The van der Waals surface area contributed by atoms with E-state index in [4.69, 9.17) is 0 Å². The quantitative estimate of drug-likeness (QED) is 0.639. The highest BCUT2D eigenvalue weighted by Crippen LogP contribution is 2.19. The summed E-state index contributed by atoms with van der Waals surface area (Å²) >= 11 is 0. The van der Waals surface area contributed by atoms with E-state index in [0.717, 1.165) is 38.9 Å². The molecule has 0 atom stereocenters. The molecule has 1 aliphatic heterocycles. The molecule has 30 heavy (non-hydrogen) atoms. The molecule has 2 heterocycles. The summed E-state index contributed by atoms with van der Waals surface area (Å²) in [5.74, 6) is -0.0367. The Kier molecular flexibility index (Phi) is 11.5. The van der Waals surface area contributed by atoms with Gasteiger partial charge in [0.25, 0.3) is 5.91 Å². The third-order valence-corrected chi connectivity index (χ3v) is 5.02. The lowest BCUT2D eigenvalue weighted by Gasteiger charge is -2.34. The number of carbonyl (C=O) groups is 2. The first-order valence-corrected chi connectivity index (χ1v) is 10.0. The number of hydrogen-bond acceptors (Lipinski definition) is 4. The molecule has 2 amide bonds. The molecule has 3 rings (SSSR count). The van der Waals surface area contributed by atoms with Gasteiger partial charge in [0.2, 0.25) is 5.91 Å². The highest BCUT2D eigenvalue weighted by molar-refractivity contribution is 5.97. The van der Waals surface area contributed by atoms with Crippen molar-refractivity contribution in [3.8, 4) is 0 Å². The summed E-state index contributed by atoms with van der Waals surface area (Å²) in [7, 11) is 0. The summed E-state index contributed by atoms with van der Waals surface area (Å²) in [5, 5.41) is 6.25. The molecular formula is C21H31Cl2N5O2. The van der Waals surface area contributed by atoms with E-state index < -0.39 is 0 Å². The molecule has 1 saturated heterocycles. The predicted octanol–water partition coefficient (Wildman–Crippen LogP) is 3.36. The van der Waals surface area contributed by atoms with E-state index in [0.29, 0.717) is 24.2 Å². The third kappa shape index (κ3) is 7.31. The summed E-state index contributed by atoms with van der Waals surface area (Å²) in [6.45, 7) is 5.32. The average Bonchev–Trinajstić information content (AvgIpc) is 3.24. The molecule has 7 nitrogen and oxygen atoms in total. The Morgan fingerprint density at radius 2 is 2.03 bits per heavy atom. The Labute approximate surface area is 190 Å². The molecular weight excluding hydrogens is 425 g/mol. The van der Waals surface area contributed by atoms with E-state index in [1.807, 2.05) is 33.9 Å². The number of amides is 2. The monoisotopic (exact) mass is 455 g/mol. The van der Waals surface area contributed by atoms with Crippen molar-refractivity contribution in [1.29, 1.82) is 0 Å². The van der Waals surface area contributed by atoms with Gasteiger partial charge in [0.15, 0.2) is 0 Å². The van der Waals surface area contributed by atoms with Crippen LogP contribution in [-0.4, -0.2) is 51.9 Å². The van der Waals surface area contributed by atoms with Crippen LogP contribution in [0.15, 0.2) is 43.0 Å². The Bertz CT molecular complexity index is 779. The molecule has 0 spiro atoms. The number of hydrogen-bond donors (Lipinski definition) is 2. The lowest BCUT2D eigenvalue weighted by Crippen LogP contribution is -2.46. The molecule has 1 fully saturated rings. The van der Waals surface area contributed by atoms with Crippen LogP contribution < -0.4 is 10.6 Å². The molecule has 0 saturated carbocycles. The normalized spacial score (nSPS) is 13.6. The number of halogens is 2. The number of imidazole rings is 1. The highest BCUT2D eigenvalue weighted by Gasteiger charge is 2.25. The van der Waals surface area contributed by atoms with Crippen LogP contribution in [0.1, 0.15) is 43.0 Å². The molecule has 0 unspecified atom stereocenters. The first kappa shape index (κ1) is 25.9. The molecule has 0 aliphatic carbocycles. The molecule has 2 N–H and O–H groups in total. The summed E-state index contributed by atoms with van der Waals surface area (Å²) in [6.07, 6.45) is 8.46. The number of piperidine rings is 1. The third-order valence-electron chi connectivity index (χ3n) is 5.02. The number of carbonyl (C=O) groups excluding carboxylic acids is 2. The number of anilines is 1. The minimum atomic E-state index is -0.0814. The van der Waals surface area contributed by atoms with Crippen LogP contribution in [-0.2, 0) is 11.3 Å². The number of nitrogens with one attached hydrogen (secondary N) is 2.